The summed E-state index contributed by atoms with van der Waals surface area (Å²) in [6.07, 6.45) is 60.1. The Morgan fingerprint density at radius 2 is 0.941 bits per heavy atom. The number of rotatable bonds is 49. The second kappa shape index (κ2) is 48.1. The van der Waals surface area contributed by atoms with Crippen molar-refractivity contribution in [1.82, 2.24) is 5.32 Å². The number of carbonyl (C=O) groups excluding carboxylic acids is 2. The van der Waals surface area contributed by atoms with Crippen LogP contribution in [0.4, 0.5) is 0 Å². The fourth-order valence-electron chi connectivity index (χ4n) is 7.63. The number of nitrogens with one attached hydrogen (secondary N) is 1. The van der Waals surface area contributed by atoms with Gasteiger partial charge in [0.15, 0.2) is 0 Å². The van der Waals surface area contributed by atoms with Gasteiger partial charge in [0.1, 0.15) is 19.3 Å². The number of amides is 1. The zero-order chi connectivity index (χ0) is 50.1. The summed E-state index contributed by atoms with van der Waals surface area (Å²) in [5.41, 5.74) is 0. The highest BCUT2D eigenvalue weighted by molar-refractivity contribution is 7.45. The standard InChI is InChI=1S/C58H105N2O7P/c1-7-10-13-16-19-22-25-28-29-30-33-35-38-41-44-47-50-57(61)59-55(54-66-68(63,64)65-53-52-60(4,5)6)56(49-46-43-40-37-34-31-26-23-20-17-14-11-8-2)67-58(62)51-48-45-42-39-36-32-27-24-21-18-15-12-9-3/h12,15,18,21,24,27,29-30,33,35,46,49,55-56H,7-11,13-14,16-17,19-20,22-23,25-26,28,31-32,34,36-45,47-48,50-54H2,1-6H3,(H-,59,61,63,64)/b15-12+,21-18+,27-24-,30-29+,35-33+,49-46+. The van der Waals surface area contributed by atoms with Crippen LogP contribution in [0.1, 0.15) is 233 Å². The van der Waals surface area contributed by atoms with E-state index in [0.29, 0.717) is 23.9 Å². The smallest absolute Gasteiger partial charge is 0.306 e. The monoisotopic (exact) mass is 973 g/mol. The van der Waals surface area contributed by atoms with Crippen LogP contribution in [0.5, 0.6) is 0 Å². The topological polar surface area (TPSA) is 114 Å². The molecule has 3 unspecified atom stereocenters. The van der Waals surface area contributed by atoms with Crippen molar-refractivity contribution in [2.75, 3.05) is 40.9 Å². The molecule has 0 saturated heterocycles. The first-order valence-corrected chi connectivity index (χ1v) is 29.3. The third-order valence-electron chi connectivity index (χ3n) is 12.0. The molecule has 0 aromatic carbocycles. The number of quaternary nitrogens is 1. The minimum atomic E-state index is -4.71. The Morgan fingerprint density at radius 3 is 1.43 bits per heavy atom. The maximum Gasteiger partial charge on any atom is 0.306 e. The summed E-state index contributed by atoms with van der Waals surface area (Å²) in [6.45, 7) is 6.66. The van der Waals surface area contributed by atoms with E-state index in [1.54, 1.807) is 0 Å². The third-order valence-corrected chi connectivity index (χ3v) is 12.9. The molecule has 0 aliphatic heterocycles. The lowest BCUT2D eigenvalue weighted by Crippen LogP contribution is -2.47. The lowest BCUT2D eigenvalue weighted by atomic mass is 10.0. The second-order valence-corrected chi connectivity index (χ2v) is 21.2. The van der Waals surface area contributed by atoms with Crippen LogP contribution in [-0.4, -0.2) is 69.4 Å². The van der Waals surface area contributed by atoms with Crippen molar-refractivity contribution >= 4 is 19.7 Å². The van der Waals surface area contributed by atoms with E-state index in [2.05, 4.69) is 80.8 Å². The van der Waals surface area contributed by atoms with Crippen LogP contribution >= 0.6 is 7.82 Å². The number of likely N-dealkylation sites (N-methyl/N-ethyl adjacent to an activating group) is 1. The van der Waals surface area contributed by atoms with Gasteiger partial charge in [-0.2, -0.15) is 0 Å². The van der Waals surface area contributed by atoms with Crippen LogP contribution in [-0.2, 0) is 27.9 Å². The Morgan fingerprint density at radius 1 is 0.529 bits per heavy atom. The van der Waals surface area contributed by atoms with E-state index in [1.807, 2.05) is 39.4 Å². The quantitative estimate of drug-likeness (QED) is 0.0161. The number of esters is 1. The maximum atomic E-state index is 13.5. The number of ether oxygens (including phenoxy) is 1. The molecule has 0 aromatic rings. The average Bonchev–Trinajstić information content (AvgIpc) is 3.29. The van der Waals surface area contributed by atoms with Gasteiger partial charge in [0, 0.05) is 12.8 Å². The second-order valence-electron chi connectivity index (χ2n) is 19.8. The highest BCUT2D eigenvalue weighted by Gasteiger charge is 2.27. The zero-order valence-electron chi connectivity index (χ0n) is 44.8. The Kier molecular flexibility index (Phi) is 46.3. The van der Waals surface area contributed by atoms with Crippen molar-refractivity contribution in [3.05, 3.63) is 72.9 Å². The molecule has 0 rings (SSSR count). The summed E-state index contributed by atoms with van der Waals surface area (Å²) in [7, 11) is 1.15. The summed E-state index contributed by atoms with van der Waals surface area (Å²) in [4.78, 5) is 39.8. The van der Waals surface area contributed by atoms with Gasteiger partial charge in [-0.25, -0.2) is 0 Å². The van der Waals surface area contributed by atoms with Crippen molar-refractivity contribution in [1.29, 1.82) is 0 Å². The molecule has 0 bridgehead atoms. The molecule has 10 heteroatoms. The summed E-state index contributed by atoms with van der Waals surface area (Å²) < 4.78 is 30.2. The van der Waals surface area contributed by atoms with E-state index in [1.165, 1.54) is 103 Å². The lowest BCUT2D eigenvalue weighted by Gasteiger charge is -2.30. The molecule has 9 nitrogen and oxygen atoms in total. The van der Waals surface area contributed by atoms with Gasteiger partial charge in [-0.05, 0) is 76.7 Å². The number of hydrogen-bond acceptors (Lipinski definition) is 7. The Bertz CT molecular complexity index is 1400. The van der Waals surface area contributed by atoms with Crippen LogP contribution in [0.25, 0.3) is 0 Å². The average molecular weight is 973 g/mol. The number of nitrogens with zero attached hydrogens (tertiary/aromatic N) is 1. The Labute approximate surface area is 419 Å². The fraction of sp³-hybridized carbons (Fsp3) is 0.759. The minimum absolute atomic E-state index is 0.0334. The molecule has 1 N–H and O–H groups in total. The van der Waals surface area contributed by atoms with Crippen molar-refractivity contribution in [2.45, 2.75) is 245 Å². The predicted molar refractivity (Wildman–Crippen MR) is 288 cm³/mol. The molecule has 3 atom stereocenters. The zero-order valence-corrected chi connectivity index (χ0v) is 45.7. The van der Waals surface area contributed by atoms with E-state index in [4.69, 9.17) is 13.8 Å². The molecule has 1 amide bonds. The molecule has 0 fully saturated rings. The van der Waals surface area contributed by atoms with Crippen LogP contribution in [0.2, 0.25) is 0 Å². The lowest BCUT2D eigenvalue weighted by molar-refractivity contribution is -0.870. The Balaban J connectivity index is 5.48. The third kappa shape index (κ3) is 48.5. The molecule has 0 radical (unpaired) electrons. The SMILES string of the molecule is CC/C=C/C=C/C=C\CCCCCCCC(=O)OC(/C=C/CCCCCCCCCCCCC)C(COP(=O)([O-])OCC[N+](C)(C)C)NC(=O)CCCCC/C=C/C=C/CCCCCCCCC. The normalized spacial score (nSPS) is 14.4. The molecule has 0 saturated carbocycles. The van der Waals surface area contributed by atoms with E-state index in [-0.39, 0.29) is 31.3 Å². The largest absolute Gasteiger partial charge is 0.756 e. The van der Waals surface area contributed by atoms with Gasteiger partial charge in [0.25, 0.3) is 7.82 Å². The summed E-state index contributed by atoms with van der Waals surface area (Å²) >= 11 is 0. The number of phosphoric ester groups is 1. The number of hydrogen-bond donors (Lipinski definition) is 1. The molecule has 68 heavy (non-hydrogen) atoms. The number of phosphoric acid groups is 1. The number of unbranched alkanes of at least 4 members (excludes halogenated alkanes) is 26. The van der Waals surface area contributed by atoms with Gasteiger partial charge in [-0.15, -0.1) is 0 Å². The molecular weight excluding hydrogens is 868 g/mol. The van der Waals surface area contributed by atoms with Crippen molar-refractivity contribution in [3.63, 3.8) is 0 Å². The number of carbonyl (C=O) groups is 2. The van der Waals surface area contributed by atoms with E-state index in [9.17, 15) is 19.0 Å². The molecule has 0 heterocycles. The maximum absolute atomic E-state index is 13.5. The highest BCUT2D eigenvalue weighted by Crippen LogP contribution is 2.38. The van der Waals surface area contributed by atoms with Crippen LogP contribution < -0.4 is 10.2 Å². The number of allylic oxidation sites excluding steroid dienone is 11. The summed E-state index contributed by atoms with van der Waals surface area (Å²) in [5, 5.41) is 2.99. The first-order valence-electron chi connectivity index (χ1n) is 27.8. The summed E-state index contributed by atoms with van der Waals surface area (Å²) in [5.74, 6) is -0.598. The first-order chi connectivity index (χ1) is 32.9. The first kappa shape index (κ1) is 65.5. The molecule has 0 aliphatic rings. The van der Waals surface area contributed by atoms with Crippen LogP contribution in [0.3, 0.4) is 0 Å². The van der Waals surface area contributed by atoms with Gasteiger partial charge in [0.2, 0.25) is 5.91 Å². The van der Waals surface area contributed by atoms with Gasteiger partial charge in [0.05, 0.1) is 33.8 Å². The Hall–Kier alpha value is -2.55. The predicted octanol–water partition coefficient (Wildman–Crippen LogP) is 15.9. The van der Waals surface area contributed by atoms with Crippen molar-refractivity contribution < 1.29 is 37.3 Å². The van der Waals surface area contributed by atoms with Crippen molar-refractivity contribution in [3.8, 4) is 0 Å². The van der Waals surface area contributed by atoms with Crippen LogP contribution in [0, 0.1) is 0 Å². The summed E-state index contributed by atoms with van der Waals surface area (Å²) in [6, 6.07) is -0.911. The van der Waals surface area contributed by atoms with Gasteiger partial charge >= 0.3 is 5.97 Å². The molecule has 394 valence electrons. The van der Waals surface area contributed by atoms with E-state index >= 15 is 0 Å². The molecular formula is C58H105N2O7P. The van der Waals surface area contributed by atoms with Crippen LogP contribution in [0.15, 0.2) is 72.9 Å². The van der Waals surface area contributed by atoms with Gasteiger partial charge in [-0.3, -0.25) is 14.2 Å². The fourth-order valence-corrected chi connectivity index (χ4v) is 8.35. The van der Waals surface area contributed by atoms with Gasteiger partial charge in [-0.1, -0.05) is 216 Å². The van der Waals surface area contributed by atoms with Gasteiger partial charge < -0.3 is 28.5 Å². The van der Waals surface area contributed by atoms with E-state index < -0.39 is 26.6 Å². The highest BCUT2D eigenvalue weighted by atomic mass is 31.2. The molecule has 0 spiro atoms. The van der Waals surface area contributed by atoms with Crippen molar-refractivity contribution in [2.24, 2.45) is 0 Å². The molecule has 0 aliphatic carbocycles. The molecule has 0 aromatic heterocycles. The minimum Gasteiger partial charge on any atom is -0.756 e. The van der Waals surface area contributed by atoms with E-state index in [0.717, 1.165) is 83.5 Å².